The average Bonchev–Trinajstić information content (AvgIpc) is 3.24. The Hall–Kier alpha value is -2.96. The van der Waals surface area contributed by atoms with Crippen molar-refractivity contribution in [2.24, 2.45) is 11.1 Å². The predicted octanol–water partition coefficient (Wildman–Crippen LogP) is 2.30. The number of hydrogen-bond acceptors (Lipinski definition) is 5. The Morgan fingerprint density at radius 3 is 2.52 bits per heavy atom. The predicted molar refractivity (Wildman–Crippen MR) is 113 cm³/mol. The minimum Gasteiger partial charge on any atom is -0.381 e. The van der Waals surface area contributed by atoms with Crippen LogP contribution in [0.5, 0.6) is 0 Å². The van der Waals surface area contributed by atoms with Gasteiger partial charge in [-0.05, 0) is 36.2 Å². The summed E-state index contributed by atoms with van der Waals surface area (Å²) in [7, 11) is -4.34. The number of primary sulfonamides is 1. The van der Waals surface area contributed by atoms with Gasteiger partial charge in [0.05, 0.1) is 29.1 Å². The first kappa shape index (κ1) is 24.7. The van der Waals surface area contributed by atoms with Gasteiger partial charge in [0.2, 0.25) is 15.9 Å². The molecule has 2 amide bonds. The minimum absolute atomic E-state index is 0.0331. The van der Waals surface area contributed by atoms with Gasteiger partial charge in [0, 0.05) is 24.8 Å². The maximum atomic E-state index is 13.1. The highest BCUT2D eigenvalue weighted by molar-refractivity contribution is 7.89. The van der Waals surface area contributed by atoms with Crippen molar-refractivity contribution in [1.82, 2.24) is 5.32 Å². The second kappa shape index (κ2) is 9.89. The summed E-state index contributed by atoms with van der Waals surface area (Å²) < 4.78 is 68.7. The number of nitrogens with two attached hydrogens (primary N) is 1. The van der Waals surface area contributed by atoms with E-state index in [0.717, 1.165) is 18.6 Å². The molecule has 1 atom stereocenters. The Labute approximate surface area is 188 Å². The first-order valence-corrected chi connectivity index (χ1v) is 11.5. The normalized spacial score (nSPS) is 16.4. The number of anilines is 1. The molecule has 0 aromatic heterocycles. The number of carbonyl (C=O) groups excluding carboxylic acids is 2. The van der Waals surface area contributed by atoms with E-state index in [1.165, 1.54) is 30.3 Å². The molecule has 8 nitrogen and oxygen atoms in total. The Morgan fingerprint density at radius 1 is 1.15 bits per heavy atom. The number of halogens is 3. The molecule has 1 aliphatic rings. The first-order valence-electron chi connectivity index (χ1n) is 9.93. The van der Waals surface area contributed by atoms with Crippen LogP contribution in [0, 0.1) is 5.92 Å². The lowest BCUT2D eigenvalue weighted by Gasteiger charge is -2.14. The van der Waals surface area contributed by atoms with Crippen molar-refractivity contribution < 1.29 is 35.9 Å². The van der Waals surface area contributed by atoms with Crippen molar-refractivity contribution in [1.29, 1.82) is 0 Å². The van der Waals surface area contributed by atoms with E-state index in [4.69, 9.17) is 9.88 Å². The van der Waals surface area contributed by atoms with Crippen LogP contribution in [0.1, 0.15) is 27.9 Å². The molecule has 178 valence electrons. The second-order valence-corrected chi connectivity index (χ2v) is 9.11. The van der Waals surface area contributed by atoms with Gasteiger partial charge < -0.3 is 15.4 Å². The monoisotopic (exact) mass is 485 g/mol. The number of ether oxygens (including phenoxy) is 1. The van der Waals surface area contributed by atoms with Crippen LogP contribution < -0.4 is 15.8 Å². The molecular formula is C21H22F3N3O5S. The zero-order valence-corrected chi connectivity index (χ0v) is 18.1. The lowest BCUT2D eigenvalue weighted by Crippen LogP contribution is -2.31. The topological polar surface area (TPSA) is 128 Å². The van der Waals surface area contributed by atoms with Crippen molar-refractivity contribution in [3.8, 4) is 0 Å². The number of carbonyl (C=O) groups is 2. The number of nitrogens with one attached hydrogen (secondary N) is 2. The van der Waals surface area contributed by atoms with Gasteiger partial charge in [0.15, 0.2) is 0 Å². The smallest absolute Gasteiger partial charge is 0.381 e. The molecule has 1 unspecified atom stereocenters. The van der Waals surface area contributed by atoms with Gasteiger partial charge in [-0.3, -0.25) is 9.59 Å². The number of rotatable bonds is 7. The second-order valence-electron chi connectivity index (χ2n) is 7.58. The highest BCUT2D eigenvalue weighted by Gasteiger charge is 2.33. The standard InChI is InChI=1S/C21H22F3N3O5S/c22-21(23,24)17-4-2-1-3-14(17)9-19(28)27-15-5-6-16(18(10-15)33(25,30)31)20(29)26-11-13-7-8-32-12-13/h1-6,10,13H,7-9,11-12H2,(H,26,29)(H,27,28)(H2,25,30,31). The summed E-state index contributed by atoms with van der Waals surface area (Å²) in [5, 5.41) is 10.2. The largest absolute Gasteiger partial charge is 0.416 e. The maximum absolute atomic E-state index is 13.1. The van der Waals surface area contributed by atoms with E-state index in [2.05, 4.69) is 10.6 Å². The molecule has 1 heterocycles. The SMILES string of the molecule is NS(=O)(=O)c1cc(NC(=O)Cc2ccccc2C(F)(F)F)ccc1C(=O)NCC1CCOC1. The fourth-order valence-electron chi connectivity index (χ4n) is 3.43. The van der Waals surface area contributed by atoms with Gasteiger partial charge >= 0.3 is 6.18 Å². The lowest BCUT2D eigenvalue weighted by atomic mass is 10.0. The third-order valence-corrected chi connectivity index (χ3v) is 6.02. The summed E-state index contributed by atoms with van der Waals surface area (Å²) in [4.78, 5) is 24.3. The Bertz CT molecular complexity index is 1150. The van der Waals surface area contributed by atoms with Crippen molar-refractivity contribution in [2.45, 2.75) is 23.9 Å². The molecule has 0 saturated carbocycles. The first-order chi connectivity index (χ1) is 15.4. The van der Waals surface area contributed by atoms with Gasteiger partial charge in [-0.2, -0.15) is 13.2 Å². The van der Waals surface area contributed by atoms with E-state index < -0.39 is 44.9 Å². The molecule has 1 saturated heterocycles. The van der Waals surface area contributed by atoms with Crippen LogP contribution in [0.15, 0.2) is 47.4 Å². The molecule has 4 N–H and O–H groups in total. The summed E-state index contributed by atoms with van der Waals surface area (Å²) in [6.07, 6.45) is -4.45. The van der Waals surface area contributed by atoms with Gasteiger partial charge in [-0.25, -0.2) is 13.6 Å². The van der Waals surface area contributed by atoms with Gasteiger partial charge in [-0.15, -0.1) is 0 Å². The van der Waals surface area contributed by atoms with Crippen LogP contribution in [0.3, 0.4) is 0 Å². The van der Waals surface area contributed by atoms with Crippen LogP contribution in [-0.4, -0.2) is 40.0 Å². The fourth-order valence-corrected chi connectivity index (χ4v) is 4.19. The summed E-state index contributed by atoms with van der Waals surface area (Å²) in [5.74, 6) is -1.35. The van der Waals surface area contributed by atoms with E-state index in [1.54, 1.807) is 0 Å². The van der Waals surface area contributed by atoms with E-state index in [0.29, 0.717) is 19.8 Å². The van der Waals surface area contributed by atoms with E-state index >= 15 is 0 Å². The quantitative estimate of drug-likeness (QED) is 0.555. The number of alkyl halides is 3. The fraction of sp³-hybridized carbons (Fsp3) is 0.333. The maximum Gasteiger partial charge on any atom is 0.416 e. The molecular weight excluding hydrogens is 463 g/mol. The van der Waals surface area contributed by atoms with Crippen LogP contribution in [0.4, 0.5) is 18.9 Å². The average molecular weight is 485 g/mol. The minimum atomic E-state index is -4.63. The van der Waals surface area contributed by atoms with Crippen LogP contribution >= 0.6 is 0 Å². The molecule has 2 aromatic rings. The molecule has 0 spiro atoms. The summed E-state index contributed by atoms with van der Waals surface area (Å²) in [5.41, 5.74) is -1.42. The number of sulfonamides is 1. The van der Waals surface area contributed by atoms with Gasteiger partial charge in [0.1, 0.15) is 0 Å². The van der Waals surface area contributed by atoms with Crippen LogP contribution in [0.25, 0.3) is 0 Å². The number of hydrogen-bond donors (Lipinski definition) is 3. The number of amides is 2. The lowest BCUT2D eigenvalue weighted by molar-refractivity contribution is -0.138. The molecule has 1 aliphatic heterocycles. The van der Waals surface area contributed by atoms with Gasteiger partial charge in [0.25, 0.3) is 5.91 Å². The molecule has 33 heavy (non-hydrogen) atoms. The third-order valence-electron chi connectivity index (χ3n) is 5.07. The van der Waals surface area contributed by atoms with E-state index in [-0.39, 0.29) is 22.7 Å². The van der Waals surface area contributed by atoms with Crippen molar-refractivity contribution >= 4 is 27.5 Å². The zero-order valence-electron chi connectivity index (χ0n) is 17.3. The molecule has 0 aliphatic carbocycles. The van der Waals surface area contributed by atoms with E-state index in [1.807, 2.05) is 0 Å². The highest BCUT2D eigenvalue weighted by Crippen LogP contribution is 2.32. The highest BCUT2D eigenvalue weighted by atomic mass is 32.2. The Balaban J connectivity index is 1.76. The summed E-state index contributed by atoms with van der Waals surface area (Å²) in [6, 6.07) is 8.09. The van der Waals surface area contributed by atoms with Crippen LogP contribution in [0.2, 0.25) is 0 Å². The molecule has 0 bridgehead atoms. The molecule has 0 radical (unpaired) electrons. The van der Waals surface area contributed by atoms with Crippen molar-refractivity contribution in [2.75, 3.05) is 25.1 Å². The van der Waals surface area contributed by atoms with Crippen LogP contribution in [-0.2, 0) is 32.2 Å². The molecule has 3 rings (SSSR count). The van der Waals surface area contributed by atoms with E-state index in [9.17, 15) is 31.2 Å². The zero-order chi connectivity index (χ0) is 24.2. The number of benzene rings is 2. The molecule has 2 aromatic carbocycles. The summed E-state index contributed by atoms with van der Waals surface area (Å²) in [6.45, 7) is 1.37. The molecule has 1 fully saturated rings. The van der Waals surface area contributed by atoms with Gasteiger partial charge in [-0.1, -0.05) is 18.2 Å². The molecule has 12 heteroatoms. The Morgan fingerprint density at radius 2 is 1.88 bits per heavy atom. The summed E-state index contributed by atoms with van der Waals surface area (Å²) >= 11 is 0. The Kier molecular flexibility index (Phi) is 7.40. The van der Waals surface area contributed by atoms with Crippen molar-refractivity contribution in [3.05, 3.63) is 59.2 Å². The third kappa shape index (κ3) is 6.53. The van der Waals surface area contributed by atoms with Crippen molar-refractivity contribution in [3.63, 3.8) is 0 Å².